The number of anilines is 1. The van der Waals surface area contributed by atoms with Gasteiger partial charge in [-0.2, -0.15) is 0 Å². The number of hydrogen-bond donors (Lipinski definition) is 1. The molecule has 0 spiro atoms. The number of aliphatic hydroxyl groups is 1. The first-order chi connectivity index (χ1) is 10.4. The van der Waals surface area contributed by atoms with Crippen molar-refractivity contribution in [2.24, 2.45) is 0 Å². The Balaban J connectivity index is 2.13. The van der Waals surface area contributed by atoms with Crippen LogP contribution in [0.3, 0.4) is 0 Å². The molecule has 0 saturated carbocycles. The maximum absolute atomic E-state index is 12.3. The van der Waals surface area contributed by atoms with Crippen LogP contribution in [0.4, 0.5) is 5.69 Å². The normalized spacial score (nSPS) is 12.6. The molecular weight excluding hydrogens is 302 g/mol. The lowest BCUT2D eigenvalue weighted by atomic mass is 10.1. The molecule has 0 aliphatic heterocycles. The predicted octanol–water partition coefficient (Wildman–Crippen LogP) is 1.70. The number of sulfonamides is 1. The highest BCUT2D eigenvalue weighted by Gasteiger charge is 2.27. The molecule has 0 aromatic heterocycles. The number of rotatable bonds is 6. The second kappa shape index (κ2) is 6.72. The van der Waals surface area contributed by atoms with Crippen molar-refractivity contribution in [2.75, 3.05) is 17.1 Å². The standard InChI is InChI=1S/C16H17NO4S/c1-17(14-10-6-3-7-11-14)22(20,21)12-15(18)16(19)13-8-4-2-5-9-13/h2-11,15,18H,12H2,1H3. The monoisotopic (exact) mass is 319 g/mol. The highest BCUT2D eigenvalue weighted by atomic mass is 32.2. The molecule has 2 rings (SSSR count). The van der Waals surface area contributed by atoms with Crippen molar-refractivity contribution in [1.82, 2.24) is 0 Å². The van der Waals surface area contributed by atoms with Gasteiger partial charge in [-0.25, -0.2) is 8.42 Å². The third kappa shape index (κ3) is 3.72. The zero-order chi connectivity index (χ0) is 16.2. The fourth-order valence-corrected chi connectivity index (χ4v) is 3.20. The van der Waals surface area contributed by atoms with Gasteiger partial charge in [0, 0.05) is 12.6 Å². The Bertz CT molecular complexity index is 729. The summed E-state index contributed by atoms with van der Waals surface area (Å²) in [7, 11) is -2.41. The smallest absolute Gasteiger partial charge is 0.237 e. The summed E-state index contributed by atoms with van der Waals surface area (Å²) in [6.45, 7) is 0. The van der Waals surface area contributed by atoms with E-state index in [0.717, 1.165) is 4.31 Å². The van der Waals surface area contributed by atoms with Gasteiger partial charge < -0.3 is 5.11 Å². The van der Waals surface area contributed by atoms with E-state index in [0.29, 0.717) is 5.69 Å². The Hall–Kier alpha value is -2.18. The third-order valence-electron chi connectivity index (χ3n) is 3.27. The number of ketones is 1. The van der Waals surface area contributed by atoms with E-state index in [2.05, 4.69) is 0 Å². The molecule has 116 valence electrons. The molecule has 0 aliphatic carbocycles. The Morgan fingerprint density at radius 1 is 1.05 bits per heavy atom. The molecular formula is C16H17NO4S. The fourth-order valence-electron chi connectivity index (χ4n) is 1.98. The first kappa shape index (κ1) is 16.2. The molecule has 2 aromatic rings. The van der Waals surface area contributed by atoms with Crippen LogP contribution in [0.2, 0.25) is 0 Å². The molecule has 5 nitrogen and oxygen atoms in total. The molecule has 0 heterocycles. The number of hydrogen-bond acceptors (Lipinski definition) is 4. The molecule has 0 bridgehead atoms. The fraction of sp³-hybridized carbons (Fsp3) is 0.188. The quantitative estimate of drug-likeness (QED) is 0.822. The summed E-state index contributed by atoms with van der Waals surface area (Å²) in [4.78, 5) is 12.0. The van der Waals surface area contributed by atoms with Gasteiger partial charge in [-0.15, -0.1) is 0 Å². The topological polar surface area (TPSA) is 74.7 Å². The number of nitrogens with zero attached hydrogens (tertiary/aromatic N) is 1. The summed E-state index contributed by atoms with van der Waals surface area (Å²) >= 11 is 0. The SMILES string of the molecule is CN(c1ccccc1)S(=O)(=O)CC(O)C(=O)c1ccccc1. The Kier molecular flexibility index (Phi) is 4.95. The number of Topliss-reactive ketones (excluding diaryl/α,β-unsaturated/α-hetero) is 1. The Morgan fingerprint density at radius 3 is 2.09 bits per heavy atom. The lowest BCUT2D eigenvalue weighted by molar-refractivity contribution is 0.0784. The van der Waals surface area contributed by atoms with E-state index < -0.39 is 27.7 Å². The number of aliphatic hydroxyl groups excluding tert-OH is 1. The molecule has 1 unspecified atom stereocenters. The van der Waals surface area contributed by atoms with Crippen molar-refractivity contribution in [3.05, 3.63) is 66.2 Å². The van der Waals surface area contributed by atoms with E-state index in [1.165, 1.54) is 7.05 Å². The van der Waals surface area contributed by atoms with Gasteiger partial charge in [-0.05, 0) is 12.1 Å². The zero-order valence-electron chi connectivity index (χ0n) is 12.1. The van der Waals surface area contributed by atoms with E-state index in [1.807, 2.05) is 0 Å². The van der Waals surface area contributed by atoms with Gasteiger partial charge in [0.25, 0.3) is 0 Å². The minimum atomic E-state index is -3.80. The van der Waals surface area contributed by atoms with E-state index >= 15 is 0 Å². The molecule has 0 saturated heterocycles. The number of carbonyl (C=O) groups is 1. The van der Waals surface area contributed by atoms with Crippen LogP contribution in [-0.2, 0) is 10.0 Å². The number of para-hydroxylation sites is 1. The molecule has 0 aliphatic rings. The lowest BCUT2D eigenvalue weighted by Crippen LogP contribution is -2.37. The van der Waals surface area contributed by atoms with Crippen LogP contribution in [0.15, 0.2) is 60.7 Å². The van der Waals surface area contributed by atoms with Crippen molar-refractivity contribution in [3.63, 3.8) is 0 Å². The summed E-state index contributed by atoms with van der Waals surface area (Å²) in [6.07, 6.45) is -1.60. The first-order valence-corrected chi connectivity index (χ1v) is 8.32. The molecule has 0 amide bonds. The van der Waals surface area contributed by atoms with Crippen LogP contribution in [0.5, 0.6) is 0 Å². The highest BCUT2D eigenvalue weighted by molar-refractivity contribution is 7.92. The van der Waals surface area contributed by atoms with Crippen molar-refractivity contribution in [3.8, 4) is 0 Å². The second-order valence-electron chi connectivity index (χ2n) is 4.83. The predicted molar refractivity (Wildman–Crippen MR) is 85.4 cm³/mol. The third-order valence-corrected chi connectivity index (χ3v) is 5.05. The van der Waals surface area contributed by atoms with Crippen LogP contribution in [0.25, 0.3) is 0 Å². The second-order valence-corrected chi connectivity index (χ2v) is 6.87. The molecule has 22 heavy (non-hydrogen) atoms. The maximum Gasteiger partial charge on any atom is 0.237 e. The zero-order valence-corrected chi connectivity index (χ0v) is 12.9. The summed E-state index contributed by atoms with van der Waals surface area (Å²) in [5, 5.41) is 9.95. The summed E-state index contributed by atoms with van der Waals surface area (Å²) in [6, 6.07) is 16.6. The number of benzene rings is 2. The maximum atomic E-state index is 12.3. The molecule has 2 aromatic carbocycles. The van der Waals surface area contributed by atoms with Gasteiger partial charge >= 0.3 is 0 Å². The largest absolute Gasteiger partial charge is 0.384 e. The van der Waals surface area contributed by atoms with Crippen molar-refractivity contribution in [1.29, 1.82) is 0 Å². The highest BCUT2D eigenvalue weighted by Crippen LogP contribution is 2.16. The van der Waals surface area contributed by atoms with E-state index in [-0.39, 0.29) is 5.56 Å². The van der Waals surface area contributed by atoms with Gasteiger partial charge in [0.2, 0.25) is 10.0 Å². The minimum absolute atomic E-state index is 0.285. The molecule has 0 fully saturated rings. The van der Waals surface area contributed by atoms with Gasteiger partial charge in [0.1, 0.15) is 11.9 Å². The molecule has 6 heteroatoms. The van der Waals surface area contributed by atoms with Gasteiger partial charge in [-0.1, -0.05) is 48.5 Å². The lowest BCUT2D eigenvalue weighted by Gasteiger charge is -2.21. The summed E-state index contributed by atoms with van der Waals surface area (Å²) in [5.74, 6) is -1.27. The first-order valence-electron chi connectivity index (χ1n) is 6.71. The van der Waals surface area contributed by atoms with Crippen LogP contribution in [-0.4, -0.2) is 38.2 Å². The molecule has 1 atom stereocenters. The van der Waals surface area contributed by atoms with E-state index in [1.54, 1.807) is 60.7 Å². The molecule has 1 N–H and O–H groups in total. The average Bonchev–Trinajstić information content (AvgIpc) is 2.54. The van der Waals surface area contributed by atoms with Crippen molar-refractivity contribution in [2.45, 2.75) is 6.10 Å². The van der Waals surface area contributed by atoms with Gasteiger partial charge in [0.15, 0.2) is 5.78 Å². The van der Waals surface area contributed by atoms with E-state index in [9.17, 15) is 18.3 Å². The number of carbonyl (C=O) groups excluding carboxylic acids is 1. The molecule has 0 radical (unpaired) electrons. The minimum Gasteiger partial charge on any atom is -0.384 e. The Morgan fingerprint density at radius 2 is 1.55 bits per heavy atom. The Labute approximate surface area is 129 Å². The van der Waals surface area contributed by atoms with Crippen LogP contribution < -0.4 is 4.31 Å². The van der Waals surface area contributed by atoms with Crippen molar-refractivity contribution < 1.29 is 18.3 Å². The van der Waals surface area contributed by atoms with Crippen LogP contribution in [0.1, 0.15) is 10.4 Å². The van der Waals surface area contributed by atoms with Gasteiger partial charge in [0.05, 0.1) is 5.69 Å². The van der Waals surface area contributed by atoms with E-state index in [4.69, 9.17) is 0 Å². The summed E-state index contributed by atoms with van der Waals surface area (Å²) in [5.41, 5.74) is 0.759. The van der Waals surface area contributed by atoms with Crippen molar-refractivity contribution >= 4 is 21.5 Å². The van der Waals surface area contributed by atoms with Crippen LogP contribution >= 0.6 is 0 Å². The van der Waals surface area contributed by atoms with Crippen LogP contribution in [0, 0.1) is 0 Å². The average molecular weight is 319 g/mol. The summed E-state index contributed by atoms with van der Waals surface area (Å²) < 4.78 is 25.6. The van der Waals surface area contributed by atoms with Gasteiger partial charge in [-0.3, -0.25) is 9.10 Å².